The molecular weight excluding hydrogens is 162 g/mol. The molecule has 1 fully saturated rings. The first-order valence-electron chi connectivity index (χ1n) is 5.36. The highest BCUT2D eigenvalue weighted by Gasteiger charge is 2.38. The maximum absolute atomic E-state index is 11.8. The van der Waals surface area contributed by atoms with Crippen LogP contribution < -0.4 is 0 Å². The fourth-order valence-corrected chi connectivity index (χ4v) is 1.99. The van der Waals surface area contributed by atoms with E-state index in [0.717, 1.165) is 25.8 Å². The zero-order valence-corrected chi connectivity index (χ0v) is 9.26. The minimum atomic E-state index is 0.0991. The predicted molar refractivity (Wildman–Crippen MR) is 54.5 cm³/mol. The number of hydrogen-bond donors (Lipinski definition) is 0. The zero-order chi connectivity index (χ0) is 10.1. The van der Waals surface area contributed by atoms with Gasteiger partial charge in [0.15, 0.2) is 0 Å². The van der Waals surface area contributed by atoms with Crippen molar-refractivity contribution in [2.75, 3.05) is 6.54 Å². The Morgan fingerprint density at radius 2 is 2.00 bits per heavy atom. The monoisotopic (exact) mass is 183 g/mol. The van der Waals surface area contributed by atoms with Crippen LogP contribution in [-0.4, -0.2) is 22.9 Å². The molecule has 13 heavy (non-hydrogen) atoms. The molecule has 1 unspecified atom stereocenters. The van der Waals surface area contributed by atoms with Crippen molar-refractivity contribution in [2.24, 2.45) is 5.92 Å². The third kappa shape index (κ3) is 1.72. The van der Waals surface area contributed by atoms with Gasteiger partial charge in [-0.25, -0.2) is 0 Å². The fourth-order valence-electron chi connectivity index (χ4n) is 1.99. The van der Waals surface area contributed by atoms with Gasteiger partial charge in [-0.2, -0.15) is 0 Å². The van der Waals surface area contributed by atoms with Crippen LogP contribution in [0.1, 0.15) is 47.0 Å². The molecular formula is C11H21NO. The Labute approximate surface area is 81.3 Å². The molecule has 1 rings (SSSR count). The quantitative estimate of drug-likeness (QED) is 0.658. The van der Waals surface area contributed by atoms with Crippen molar-refractivity contribution in [3.05, 3.63) is 0 Å². The topological polar surface area (TPSA) is 20.3 Å². The van der Waals surface area contributed by atoms with Gasteiger partial charge in [-0.3, -0.25) is 4.79 Å². The molecule has 2 nitrogen and oxygen atoms in total. The Bertz CT molecular complexity index is 196. The Balaban J connectivity index is 2.76. The van der Waals surface area contributed by atoms with Gasteiger partial charge in [0.25, 0.3) is 0 Å². The van der Waals surface area contributed by atoms with Gasteiger partial charge in [0.1, 0.15) is 0 Å². The van der Waals surface area contributed by atoms with Crippen LogP contribution in [0.5, 0.6) is 0 Å². The number of carbonyl (C=O) groups is 1. The van der Waals surface area contributed by atoms with Gasteiger partial charge >= 0.3 is 0 Å². The van der Waals surface area contributed by atoms with Gasteiger partial charge in [-0.05, 0) is 26.2 Å². The SMILES string of the molecule is CCC(C)(CC)N1CCC(C)C1=O. The van der Waals surface area contributed by atoms with Gasteiger partial charge in [-0.1, -0.05) is 20.8 Å². The Kier molecular flexibility index (Phi) is 2.99. The standard InChI is InChI=1S/C11H21NO/c1-5-11(4,6-2)12-8-7-9(3)10(12)13/h9H,5-8H2,1-4H3. The van der Waals surface area contributed by atoms with Crippen molar-refractivity contribution >= 4 is 5.91 Å². The van der Waals surface area contributed by atoms with Crippen LogP contribution in [0, 0.1) is 5.92 Å². The number of hydrogen-bond acceptors (Lipinski definition) is 1. The van der Waals surface area contributed by atoms with Crippen molar-refractivity contribution in [1.29, 1.82) is 0 Å². The smallest absolute Gasteiger partial charge is 0.225 e. The number of carbonyl (C=O) groups excluding carboxylic acids is 1. The van der Waals surface area contributed by atoms with E-state index in [-0.39, 0.29) is 11.5 Å². The fraction of sp³-hybridized carbons (Fsp3) is 0.909. The van der Waals surface area contributed by atoms with Crippen LogP contribution in [0.15, 0.2) is 0 Å². The lowest BCUT2D eigenvalue weighted by Gasteiger charge is -2.37. The van der Waals surface area contributed by atoms with Crippen molar-refractivity contribution in [1.82, 2.24) is 4.90 Å². The highest BCUT2D eigenvalue weighted by molar-refractivity contribution is 5.81. The second kappa shape index (κ2) is 3.69. The third-order valence-electron chi connectivity index (χ3n) is 3.65. The highest BCUT2D eigenvalue weighted by Crippen LogP contribution is 2.30. The lowest BCUT2D eigenvalue weighted by molar-refractivity contribution is -0.135. The summed E-state index contributed by atoms with van der Waals surface area (Å²) >= 11 is 0. The Morgan fingerprint density at radius 1 is 1.46 bits per heavy atom. The molecule has 0 aromatic rings. The van der Waals surface area contributed by atoms with E-state index in [1.54, 1.807) is 0 Å². The molecule has 0 aromatic heterocycles. The summed E-state index contributed by atoms with van der Waals surface area (Å²) in [6.07, 6.45) is 3.15. The minimum Gasteiger partial charge on any atom is -0.337 e. The summed E-state index contributed by atoms with van der Waals surface area (Å²) in [7, 11) is 0. The number of nitrogens with zero attached hydrogens (tertiary/aromatic N) is 1. The molecule has 0 radical (unpaired) electrons. The summed E-state index contributed by atoms with van der Waals surface area (Å²) in [6.45, 7) is 9.52. The average Bonchev–Trinajstić information content (AvgIpc) is 2.47. The molecule has 0 bridgehead atoms. The summed E-state index contributed by atoms with van der Waals surface area (Å²) in [5.41, 5.74) is 0.0991. The molecule has 0 aliphatic carbocycles. The number of likely N-dealkylation sites (tertiary alicyclic amines) is 1. The molecule has 0 saturated carbocycles. The van der Waals surface area contributed by atoms with E-state index in [1.807, 2.05) is 6.92 Å². The molecule has 1 atom stereocenters. The van der Waals surface area contributed by atoms with Crippen LogP contribution in [-0.2, 0) is 4.79 Å². The lowest BCUT2D eigenvalue weighted by Crippen LogP contribution is -2.46. The largest absolute Gasteiger partial charge is 0.337 e. The van der Waals surface area contributed by atoms with E-state index in [4.69, 9.17) is 0 Å². The third-order valence-corrected chi connectivity index (χ3v) is 3.65. The van der Waals surface area contributed by atoms with E-state index >= 15 is 0 Å². The van der Waals surface area contributed by atoms with Crippen LogP contribution in [0.4, 0.5) is 0 Å². The first-order valence-corrected chi connectivity index (χ1v) is 5.36. The molecule has 76 valence electrons. The Morgan fingerprint density at radius 3 is 2.31 bits per heavy atom. The van der Waals surface area contributed by atoms with Gasteiger partial charge in [0, 0.05) is 18.0 Å². The predicted octanol–water partition coefficient (Wildman–Crippen LogP) is 2.43. The van der Waals surface area contributed by atoms with Gasteiger partial charge < -0.3 is 4.90 Å². The van der Waals surface area contributed by atoms with Crippen molar-refractivity contribution in [3.63, 3.8) is 0 Å². The maximum Gasteiger partial charge on any atom is 0.225 e. The summed E-state index contributed by atoms with van der Waals surface area (Å²) in [4.78, 5) is 13.9. The molecule has 0 aromatic carbocycles. The summed E-state index contributed by atoms with van der Waals surface area (Å²) in [5.74, 6) is 0.601. The van der Waals surface area contributed by atoms with Gasteiger partial charge in [0.2, 0.25) is 5.91 Å². The number of rotatable bonds is 3. The van der Waals surface area contributed by atoms with Crippen LogP contribution in [0.2, 0.25) is 0 Å². The molecule has 1 aliphatic heterocycles. The number of amides is 1. The minimum absolute atomic E-state index is 0.0991. The summed E-state index contributed by atoms with van der Waals surface area (Å²) in [6, 6.07) is 0. The van der Waals surface area contributed by atoms with E-state index in [0.29, 0.717) is 5.91 Å². The van der Waals surface area contributed by atoms with Crippen LogP contribution in [0.25, 0.3) is 0 Å². The molecule has 1 saturated heterocycles. The van der Waals surface area contributed by atoms with E-state index in [1.165, 1.54) is 0 Å². The van der Waals surface area contributed by atoms with Crippen molar-refractivity contribution in [2.45, 2.75) is 52.5 Å². The molecule has 2 heteroatoms. The summed E-state index contributed by atoms with van der Waals surface area (Å²) in [5, 5.41) is 0. The lowest BCUT2D eigenvalue weighted by atomic mass is 9.93. The average molecular weight is 183 g/mol. The van der Waals surface area contributed by atoms with Crippen molar-refractivity contribution < 1.29 is 4.79 Å². The molecule has 1 heterocycles. The van der Waals surface area contributed by atoms with Gasteiger partial charge in [-0.15, -0.1) is 0 Å². The second-order valence-corrected chi connectivity index (χ2v) is 4.38. The maximum atomic E-state index is 11.8. The summed E-state index contributed by atoms with van der Waals surface area (Å²) < 4.78 is 0. The zero-order valence-electron chi connectivity index (χ0n) is 9.26. The molecule has 1 amide bonds. The van der Waals surface area contributed by atoms with Gasteiger partial charge in [0.05, 0.1) is 0 Å². The van der Waals surface area contributed by atoms with E-state index < -0.39 is 0 Å². The molecule has 0 spiro atoms. The molecule has 1 aliphatic rings. The van der Waals surface area contributed by atoms with Crippen molar-refractivity contribution in [3.8, 4) is 0 Å². The molecule has 0 N–H and O–H groups in total. The van der Waals surface area contributed by atoms with E-state index in [9.17, 15) is 4.79 Å². The first-order chi connectivity index (χ1) is 6.05. The highest BCUT2D eigenvalue weighted by atomic mass is 16.2. The second-order valence-electron chi connectivity index (χ2n) is 4.38. The van der Waals surface area contributed by atoms with Crippen LogP contribution >= 0.6 is 0 Å². The normalized spacial score (nSPS) is 24.2. The van der Waals surface area contributed by atoms with Crippen LogP contribution in [0.3, 0.4) is 0 Å². The first kappa shape index (κ1) is 10.6. The Hall–Kier alpha value is -0.530. The van der Waals surface area contributed by atoms with E-state index in [2.05, 4.69) is 25.7 Å².